The Bertz CT molecular complexity index is 1200. The van der Waals surface area contributed by atoms with E-state index in [9.17, 15) is 4.79 Å². The lowest BCUT2D eigenvalue weighted by atomic mass is 10.2. The minimum Gasteiger partial charge on any atom is -0.497 e. The van der Waals surface area contributed by atoms with Crippen molar-refractivity contribution in [2.24, 2.45) is 0 Å². The zero-order valence-electron chi connectivity index (χ0n) is 18.4. The number of thiazole rings is 1. The molecule has 1 fully saturated rings. The number of fused-ring (bicyclic) bond motifs is 2. The van der Waals surface area contributed by atoms with E-state index in [1.165, 1.54) is 11.3 Å². The quantitative estimate of drug-likeness (QED) is 0.371. The second kappa shape index (κ2) is 10.5. The Balaban J connectivity index is 0.00000259. The van der Waals surface area contributed by atoms with E-state index in [2.05, 4.69) is 4.90 Å². The van der Waals surface area contributed by atoms with Crippen molar-refractivity contribution in [2.75, 3.05) is 51.4 Å². The molecule has 174 valence electrons. The smallest absolute Gasteiger partial charge is 0.295 e. The highest BCUT2D eigenvalue weighted by Gasteiger charge is 2.25. The third kappa shape index (κ3) is 5.14. The number of aromatic nitrogens is 1. The maximum absolute atomic E-state index is 13.5. The first-order chi connectivity index (χ1) is 15.7. The predicted octanol–water partition coefficient (Wildman–Crippen LogP) is 4.84. The average Bonchev–Trinajstić information content (AvgIpc) is 3.45. The lowest BCUT2D eigenvalue weighted by molar-refractivity contribution is 0.0376. The topological polar surface area (TPSA) is 68.0 Å². The number of ether oxygens (including phenoxy) is 2. The molecule has 0 atom stereocenters. The number of amides is 1. The number of carbonyl (C=O) groups is 1. The summed E-state index contributed by atoms with van der Waals surface area (Å²) in [4.78, 5) is 22.4. The van der Waals surface area contributed by atoms with Gasteiger partial charge in [0, 0.05) is 37.6 Å². The molecule has 9 heteroatoms. The molecule has 0 radical (unpaired) electrons. The molecule has 0 saturated carbocycles. The summed E-state index contributed by atoms with van der Waals surface area (Å²) in [6, 6.07) is 15.3. The number of anilines is 1. The summed E-state index contributed by atoms with van der Waals surface area (Å²) in [6.07, 6.45) is 0.839. The van der Waals surface area contributed by atoms with E-state index < -0.39 is 0 Å². The molecule has 1 saturated heterocycles. The average molecular weight is 488 g/mol. The van der Waals surface area contributed by atoms with Crippen LogP contribution in [0.1, 0.15) is 17.0 Å². The highest BCUT2D eigenvalue weighted by molar-refractivity contribution is 7.22. The summed E-state index contributed by atoms with van der Waals surface area (Å²) in [7, 11) is 1.64. The lowest BCUT2D eigenvalue weighted by Gasteiger charge is -2.27. The van der Waals surface area contributed by atoms with Crippen molar-refractivity contribution >= 4 is 56.0 Å². The Hall–Kier alpha value is -2.65. The Morgan fingerprint density at radius 3 is 2.79 bits per heavy atom. The number of halogens is 1. The lowest BCUT2D eigenvalue weighted by Crippen LogP contribution is -2.39. The van der Waals surface area contributed by atoms with E-state index in [1.807, 2.05) is 48.5 Å². The third-order valence-electron chi connectivity index (χ3n) is 5.66. The van der Waals surface area contributed by atoms with Gasteiger partial charge in [-0.25, -0.2) is 4.98 Å². The zero-order chi connectivity index (χ0) is 21.9. The molecule has 1 aliphatic heterocycles. The van der Waals surface area contributed by atoms with Crippen LogP contribution >= 0.6 is 23.7 Å². The largest absolute Gasteiger partial charge is 0.497 e. The number of morpholine rings is 1. The summed E-state index contributed by atoms with van der Waals surface area (Å²) in [6.45, 7) is 4.86. The van der Waals surface area contributed by atoms with Crippen LogP contribution in [0.15, 0.2) is 52.9 Å². The van der Waals surface area contributed by atoms with Crippen LogP contribution in [-0.4, -0.2) is 62.3 Å². The number of hydrogen-bond acceptors (Lipinski definition) is 7. The molecule has 0 unspecified atom stereocenters. The molecule has 7 nitrogen and oxygen atoms in total. The Morgan fingerprint density at radius 2 is 2.00 bits per heavy atom. The normalized spacial score (nSPS) is 14.3. The summed E-state index contributed by atoms with van der Waals surface area (Å²) >= 11 is 1.50. The van der Waals surface area contributed by atoms with Gasteiger partial charge in [-0.15, -0.1) is 12.4 Å². The fourth-order valence-corrected chi connectivity index (χ4v) is 4.89. The molecule has 4 aromatic rings. The maximum atomic E-state index is 13.5. The number of furan rings is 1. The van der Waals surface area contributed by atoms with Crippen molar-refractivity contribution in [2.45, 2.75) is 6.42 Å². The molecule has 0 N–H and O–H groups in total. The van der Waals surface area contributed by atoms with Crippen molar-refractivity contribution in [3.05, 3.63) is 54.3 Å². The Kier molecular flexibility index (Phi) is 7.49. The van der Waals surface area contributed by atoms with E-state index in [1.54, 1.807) is 12.0 Å². The third-order valence-corrected chi connectivity index (χ3v) is 6.71. The van der Waals surface area contributed by atoms with Gasteiger partial charge < -0.3 is 13.9 Å². The van der Waals surface area contributed by atoms with Gasteiger partial charge in [0.2, 0.25) is 0 Å². The van der Waals surface area contributed by atoms with Gasteiger partial charge in [0.15, 0.2) is 10.9 Å². The first-order valence-electron chi connectivity index (χ1n) is 10.8. The van der Waals surface area contributed by atoms with Crippen LogP contribution in [0.4, 0.5) is 5.13 Å². The Morgan fingerprint density at radius 1 is 1.18 bits per heavy atom. The van der Waals surface area contributed by atoms with E-state index in [0.717, 1.165) is 60.6 Å². The molecule has 0 spiro atoms. The standard InChI is InChI=1S/C24H25N3O4S.ClH/c1-29-18-7-8-22-19(16-18)25-24(32-22)27(10-4-9-26-11-13-30-14-12-26)23(28)21-15-17-5-2-3-6-20(17)31-21;/h2-3,5-8,15-16H,4,9-14H2,1H3;1H. The van der Waals surface area contributed by atoms with Gasteiger partial charge in [0.05, 0.1) is 30.5 Å². The van der Waals surface area contributed by atoms with E-state index in [0.29, 0.717) is 23.0 Å². The minimum atomic E-state index is -0.172. The molecular formula is C24H26ClN3O4S. The predicted molar refractivity (Wildman–Crippen MR) is 133 cm³/mol. The second-order valence-electron chi connectivity index (χ2n) is 7.74. The molecule has 1 aliphatic rings. The molecule has 3 heterocycles. The highest BCUT2D eigenvalue weighted by Crippen LogP contribution is 2.32. The number of hydrogen-bond donors (Lipinski definition) is 0. The summed E-state index contributed by atoms with van der Waals surface area (Å²) in [5, 5.41) is 1.58. The van der Waals surface area contributed by atoms with Crippen molar-refractivity contribution < 1.29 is 18.7 Å². The second-order valence-corrected chi connectivity index (χ2v) is 8.75. The van der Waals surface area contributed by atoms with Gasteiger partial charge in [-0.1, -0.05) is 29.5 Å². The van der Waals surface area contributed by atoms with Gasteiger partial charge in [-0.05, 0) is 30.7 Å². The van der Waals surface area contributed by atoms with E-state index in [-0.39, 0.29) is 18.3 Å². The number of carbonyl (C=O) groups excluding carboxylic acids is 1. The van der Waals surface area contributed by atoms with Crippen LogP contribution < -0.4 is 9.64 Å². The number of nitrogens with zero attached hydrogens (tertiary/aromatic N) is 3. The van der Waals surface area contributed by atoms with Crippen LogP contribution in [0.5, 0.6) is 5.75 Å². The van der Waals surface area contributed by atoms with Gasteiger partial charge in [-0.3, -0.25) is 14.6 Å². The van der Waals surface area contributed by atoms with Crippen LogP contribution in [0.3, 0.4) is 0 Å². The number of benzene rings is 2. The van der Waals surface area contributed by atoms with Crippen LogP contribution in [-0.2, 0) is 4.74 Å². The summed E-state index contributed by atoms with van der Waals surface area (Å²) < 4.78 is 17.7. The first-order valence-corrected chi connectivity index (χ1v) is 11.6. The van der Waals surface area contributed by atoms with Crippen molar-refractivity contribution in [3.63, 3.8) is 0 Å². The fourth-order valence-electron chi connectivity index (χ4n) is 3.92. The van der Waals surface area contributed by atoms with Crippen molar-refractivity contribution in [3.8, 4) is 5.75 Å². The highest BCUT2D eigenvalue weighted by atomic mass is 35.5. The van der Waals surface area contributed by atoms with Crippen molar-refractivity contribution in [1.82, 2.24) is 9.88 Å². The fraction of sp³-hybridized carbons (Fsp3) is 0.333. The van der Waals surface area contributed by atoms with Gasteiger partial charge in [0.25, 0.3) is 5.91 Å². The molecule has 5 rings (SSSR count). The molecule has 0 aliphatic carbocycles. The first kappa shape index (κ1) is 23.5. The monoisotopic (exact) mass is 487 g/mol. The van der Waals surface area contributed by atoms with Crippen molar-refractivity contribution in [1.29, 1.82) is 0 Å². The van der Waals surface area contributed by atoms with E-state index >= 15 is 0 Å². The number of methoxy groups -OCH3 is 1. The summed E-state index contributed by atoms with van der Waals surface area (Å²) in [5.41, 5.74) is 1.53. The minimum absolute atomic E-state index is 0. The number of rotatable bonds is 7. The molecule has 1 amide bonds. The van der Waals surface area contributed by atoms with Gasteiger partial charge >= 0.3 is 0 Å². The molecule has 33 heavy (non-hydrogen) atoms. The molecular weight excluding hydrogens is 462 g/mol. The SMILES string of the molecule is COc1ccc2sc(N(CCCN3CCOCC3)C(=O)c3cc4ccccc4o3)nc2c1.Cl. The van der Waals surface area contributed by atoms with E-state index in [4.69, 9.17) is 18.9 Å². The molecule has 2 aromatic carbocycles. The van der Waals surface area contributed by atoms with Gasteiger partial charge in [-0.2, -0.15) is 0 Å². The summed E-state index contributed by atoms with van der Waals surface area (Å²) in [5.74, 6) is 0.903. The van der Waals surface area contributed by atoms with Crippen LogP contribution in [0, 0.1) is 0 Å². The molecule has 2 aromatic heterocycles. The maximum Gasteiger partial charge on any atom is 0.295 e. The molecule has 0 bridgehead atoms. The van der Waals surface area contributed by atoms with Crippen LogP contribution in [0.2, 0.25) is 0 Å². The van der Waals surface area contributed by atoms with Gasteiger partial charge in [0.1, 0.15) is 11.3 Å². The Labute approximate surface area is 202 Å². The number of para-hydroxylation sites is 1. The zero-order valence-corrected chi connectivity index (χ0v) is 20.0. The van der Waals surface area contributed by atoms with Crippen LogP contribution in [0.25, 0.3) is 21.2 Å².